The van der Waals surface area contributed by atoms with Gasteiger partial charge in [-0.25, -0.2) is 0 Å². The van der Waals surface area contributed by atoms with Crippen LogP contribution in [0.5, 0.6) is 0 Å². The second-order valence-corrected chi connectivity index (χ2v) is 1.53. The van der Waals surface area contributed by atoms with E-state index in [1.807, 2.05) is 24.4 Å². The molecule has 8 heavy (non-hydrogen) atoms. The zero-order valence-corrected chi connectivity index (χ0v) is 4.59. The SMILES string of the molecule is [CH2]/C=C/c1ccc[nH]1. The van der Waals surface area contributed by atoms with Gasteiger partial charge in [0.15, 0.2) is 0 Å². The molecule has 0 amide bonds. The molecule has 0 fully saturated rings. The van der Waals surface area contributed by atoms with Gasteiger partial charge in [-0.05, 0) is 25.1 Å². The molecule has 1 aromatic rings. The van der Waals surface area contributed by atoms with Gasteiger partial charge in [0.25, 0.3) is 0 Å². The number of hydrogen-bond acceptors (Lipinski definition) is 0. The number of hydrogen-bond donors (Lipinski definition) is 1. The maximum Gasteiger partial charge on any atom is 0.0377 e. The van der Waals surface area contributed by atoms with Crippen molar-refractivity contribution in [1.82, 2.24) is 4.98 Å². The van der Waals surface area contributed by atoms with Crippen LogP contribution in [0.15, 0.2) is 24.4 Å². The Kier molecular flexibility index (Phi) is 1.52. The fourth-order valence-electron chi connectivity index (χ4n) is 0.575. The van der Waals surface area contributed by atoms with Crippen molar-refractivity contribution in [3.05, 3.63) is 37.0 Å². The molecule has 1 rings (SSSR count). The molecular formula is C7H8N. The monoisotopic (exact) mass is 106 g/mol. The van der Waals surface area contributed by atoms with Gasteiger partial charge in [-0.2, -0.15) is 0 Å². The lowest BCUT2D eigenvalue weighted by Crippen LogP contribution is -1.63. The van der Waals surface area contributed by atoms with E-state index >= 15 is 0 Å². The standard InChI is InChI=1S/C7H8N/c1-2-4-7-5-3-6-8-7/h2-6,8H,1H2/b4-2+. The third kappa shape index (κ3) is 0.997. The summed E-state index contributed by atoms with van der Waals surface area (Å²) in [6, 6.07) is 3.94. The molecule has 0 spiro atoms. The molecular weight excluding hydrogens is 98.1 g/mol. The van der Waals surface area contributed by atoms with Crippen LogP contribution in [-0.2, 0) is 0 Å². The van der Waals surface area contributed by atoms with Crippen LogP contribution >= 0.6 is 0 Å². The molecule has 0 aliphatic rings. The smallest absolute Gasteiger partial charge is 0.0377 e. The van der Waals surface area contributed by atoms with Gasteiger partial charge in [-0.3, -0.25) is 0 Å². The highest BCUT2D eigenvalue weighted by molar-refractivity contribution is 5.44. The number of H-pyrrole nitrogens is 1. The highest BCUT2D eigenvalue weighted by Crippen LogP contribution is 1.95. The quantitative estimate of drug-likeness (QED) is 0.562. The number of allylic oxidation sites excluding steroid dienone is 1. The summed E-state index contributed by atoms with van der Waals surface area (Å²) in [6.45, 7) is 3.56. The summed E-state index contributed by atoms with van der Waals surface area (Å²) in [5, 5.41) is 0. The fraction of sp³-hybridized carbons (Fsp3) is 0. The third-order valence-electron chi connectivity index (χ3n) is 0.919. The van der Waals surface area contributed by atoms with E-state index in [-0.39, 0.29) is 0 Å². The van der Waals surface area contributed by atoms with Gasteiger partial charge < -0.3 is 4.98 Å². The summed E-state index contributed by atoms with van der Waals surface area (Å²) in [4.78, 5) is 3.01. The average molecular weight is 106 g/mol. The normalized spacial score (nSPS) is 10.6. The molecule has 0 unspecified atom stereocenters. The van der Waals surface area contributed by atoms with Crippen LogP contribution in [-0.4, -0.2) is 4.98 Å². The van der Waals surface area contributed by atoms with Crippen molar-refractivity contribution < 1.29 is 0 Å². The molecule has 1 heteroatoms. The van der Waals surface area contributed by atoms with E-state index in [1.54, 1.807) is 6.08 Å². The average Bonchev–Trinajstić information content (AvgIpc) is 2.19. The van der Waals surface area contributed by atoms with Crippen LogP contribution in [0.4, 0.5) is 0 Å². The minimum atomic E-state index is 1.10. The zero-order chi connectivity index (χ0) is 5.82. The molecule has 1 aromatic heterocycles. The number of aromatic amines is 1. The van der Waals surface area contributed by atoms with Crippen molar-refractivity contribution in [1.29, 1.82) is 0 Å². The number of aromatic nitrogens is 1. The van der Waals surface area contributed by atoms with Crippen LogP contribution in [0.2, 0.25) is 0 Å². The molecule has 0 atom stereocenters. The van der Waals surface area contributed by atoms with E-state index in [4.69, 9.17) is 0 Å². The Morgan fingerprint density at radius 1 is 1.62 bits per heavy atom. The molecule has 0 aromatic carbocycles. The van der Waals surface area contributed by atoms with E-state index in [1.165, 1.54) is 0 Å². The van der Waals surface area contributed by atoms with E-state index in [2.05, 4.69) is 11.9 Å². The Bertz CT molecular complexity index is 161. The Labute approximate surface area is 49.0 Å². The topological polar surface area (TPSA) is 15.8 Å². The summed E-state index contributed by atoms with van der Waals surface area (Å²) in [5.74, 6) is 0. The van der Waals surface area contributed by atoms with Gasteiger partial charge in [0.2, 0.25) is 0 Å². The van der Waals surface area contributed by atoms with Crippen molar-refractivity contribution in [2.75, 3.05) is 0 Å². The zero-order valence-electron chi connectivity index (χ0n) is 4.59. The van der Waals surface area contributed by atoms with Gasteiger partial charge in [-0.15, -0.1) is 0 Å². The molecule has 1 N–H and O–H groups in total. The summed E-state index contributed by atoms with van der Waals surface area (Å²) in [5.41, 5.74) is 1.10. The molecule has 0 aliphatic heterocycles. The molecule has 0 saturated carbocycles. The second kappa shape index (κ2) is 2.36. The van der Waals surface area contributed by atoms with Gasteiger partial charge in [0.05, 0.1) is 0 Å². The Hall–Kier alpha value is -0.980. The lowest BCUT2D eigenvalue weighted by molar-refractivity contribution is 1.38. The van der Waals surface area contributed by atoms with E-state index < -0.39 is 0 Å². The first-order valence-corrected chi connectivity index (χ1v) is 2.52. The molecule has 1 nitrogen and oxygen atoms in total. The Balaban J connectivity index is 2.77. The van der Waals surface area contributed by atoms with Gasteiger partial charge in [0.1, 0.15) is 0 Å². The number of rotatable bonds is 1. The van der Waals surface area contributed by atoms with Crippen LogP contribution in [0, 0.1) is 6.92 Å². The van der Waals surface area contributed by atoms with Crippen molar-refractivity contribution in [3.8, 4) is 0 Å². The minimum Gasteiger partial charge on any atom is -0.362 e. The summed E-state index contributed by atoms with van der Waals surface area (Å²) in [6.07, 6.45) is 5.56. The van der Waals surface area contributed by atoms with Crippen LogP contribution in [0.25, 0.3) is 6.08 Å². The molecule has 0 bridgehead atoms. The second-order valence-electron chi connectivity index (χ2n) is 1.53. The van der Waals surface area contributed by atoms with Gasteiger partial charge >= 0.3 is 0 Å². The molecule has 0 aliphatic carbocycles. The lowest BCUT2D eigenvalue weighted by atomic mass is 10.4. The molecule has 41 valence electrons. The predicted octanol–water partition coefficient (Wildman–Crippen LogP) is 1.86. The fourth-order valence-corrected chi connectivity index (χ4v) is 0.575. The summed E-state index contributed by atoms with van der Waals surface area (Å²) in [7, 11) is 0. The van der Waals surface area contributed by atoms with E-state index in [9.17, 15) is 0 Å². The molecule has 1 radical (unpaired) electrons. The van der Waals surface area contributed by atoms with Crippen LogP contribution < -0.4 is 0 Å². The Morgan fingerprint density at radius 2 is 2.50 bits per heavy atom. The Morgan fingerprint density at radius 3 is 3.00 bits per heavy atom. The lowest BCUT2D eigenvalue weighted by Gasteiger charge is -1.77. The third-order valence-corrected chi connectivity index (χ3v) is 0.919. The first-order valence-electron chi connectivity index (χ1n) is 2.52. The first kappa shape index (κ1) is 5.16. The number of nitrogens with one attached hydrogen (secondary N) is 1. The maximum atomic E-state index is 3.56. The highest BCUT2D eigenvalue weighted by Gasteiger charge is 1.78. The molecule has 0 saturated heterocycles. The van der Waals surface area contributed by atoms with Crippen molar-refractivity contribution in [3.63, 3.8) is 0 Å². The minimum absolute atomic E-state index is 1.10. The summed E-state index contributed by atoms with van der Waals surface area (Å²) >= 11 is 0. The van der Waals surface area contributed by atoms with E-state index in [0.717, 1.165) is 5.69 Å². The largest absolute Gasteiger partial charge is 0.362 e. The van der Waals surface area contributed by atoms with Gasteiger partial charge in [0, 0.05) is 11.9 Å². The first-order chi connectivity index (χ1) is 3.93. The van der Waals surface area contributed by atoms with Crippen LogP contribution in [0.1, 0.15) is 5.69 Å². The molecule has 1 heterocycles. The van der Waals surface area contributed by atoms with Crippen molar-refractivity contribution in [2.45, 2.75) is 0 Å². The van der Waals surface area contributed by atoms with Crippen molar-refractivity contribution >= 4 is 6.08 Å². The van der Waals surface area contributed by atoms with Crippen molar-refractivity contribution in [2.24, 2.45) is 0 Å². The maximum absolute atomic E-state index is 3.56. The van der Waals surface area contributed by atoms with Gasteiger partial charge in [-0.1, -0.05) is 6.08 Å². The highest BCUT2D eigenvalue weighted by atomic mass is 14.7. The van der Waals surface area contributed by atoms with E-state index in [0.29, 0.717) is 0 Å². The van der Waals surface area contributed by atoms with Crippen LogP contribution in [0.3, 0.4) is 0 Å². The predicted molar refractivity (Wildman–Crippen MR) is 35.2 cm³/mol. The summed E-state index contributed by atoms with van der Waals surface area (Å²) < 4.78 is 0.